The number of methoxy groups -OCH3 is 5. The molecule has 3 unspecified atom stereocenters. The zero-order valence-corrected chi connectivity index (χ0v) is 88.8. The number of H-pyrrole nitrogens is 3. The molecule has 15 N–H and O–H groups in total. The van der Waals surface area contributed by atoms with E-state index in [-0.39, 0.29) is 55.3 Å². The Bertz CT molecular complexity index is 6750. The average Bonchev–Trinajstić information content (AvgIpc) is 1.42. The third-order valence-electron chi connectivity index (χ3n) is 24.0. The number of aromatic amines is 3. The largest absolute Gasteiger partial charge is 0.496 e. The Hall–Kier alpha value is -17.0. The smallest absolute Gasteiger partial charge is 0.408 e. The molecule has 6 atom stereocenters. The van der Waals surface area contributed by atoms with Gasteiger partial charge in [-0.15, -0.1) is 0 Å². The minimum atomic E-state index is -1.18. The molecular formula is C113H135N15O22. The summed E-state index contributed by atoms with van der Waals surface area (Å²) in [5, 5.41) is 30.6. The number of ether oxygens (including phenoxy) is 8. The average molecular weight is 2060 g/mol. The Morgan fingerprint density at radius 3 is 0.947 bits per heavy atom. The van der Waals surface area contributed by atoms with E-state index in [1.54, 1.807) is 173 Å². The number of aromatic carboxylic acids is 1. The molecule has 0 aliphatic carbocycles. The third kappa shape index (κ3) is 33.0. The normalized spacial score (nSPS) is 12.3. The van der Waals surface area contributed by atoms with Crippen molar-refractivity contribution >= 4 is 71.7 Å². The molecule has 0 fully saturated rings. The van der Waals surface area contributed by atoms with Crippen molar-refractivity contribution in [3.8, 4) is 51.0 Å². The summed E-state index contributed by atoms with van der Waals surface area (Å²) in [6, 6.07) is 49.7. The van der Waals surface area contributed by atoms with Gasteiger partial charge in [-0.05, 0) is 281 Å². The second-order valence-corrected chi connectivity index (χ2v) is 38.8. The second-order valence-electron chi connectivity index (χ2n) is 38.8. The van der Waals surface area contributed by atoms with Crippen LogP contribution in [0.3, 0.4) is 0 Å². The highest BCUT2D eigenvalue weighted by atomic mass is 16.6. The number of amides is 8. The Labute approximate surface area is 872 Å². The maximum absolute atomic E-state index is 14.9. The summed E-state index contributed by atoms with van der Waals surface area (Å²) in [6.07, 6.45) is 3.10. The molecule has 794 valence electrons. The zero-order chi connectivity index (χ0) is 111. The quantitative estimate of drug-likeness (QED) is 0.0128. The molecule has 37 nitrogen and oxygen atoms in total. The van der Waals surface area contributed by atoms with E-state index < -0.39 is 119 Å². The van der Waals surface area contributed by atoms with Crippen LogP contribution in [0, 0.1) is 41.5 Å². The fourth-order valence-electron chi connectivity index (χ4n) is 16.4. The summed E-state index contributed by atoms with van der Waals surface area (Å²) in [4.78, 5) is 178. The van der Waals surface area contributed by atoms with Gasteiger partial charge in [0.2, 0.25) is 29.5 Å². The van der Waals surface area contributed by atoms with E-state index in [9.17, 15) is 67.7 Å². The Morgan fingerprint density at radius 2 is 0.653 bits per heavy atom. The minimum Gasteiger partial charge on any atom is -0.496 e. The Kier molecular flexibility index (Phi) is 40.7. The molecule has 3 aromatic heterocycles. The van der Waals surface area contributed by atoms with E-state index in [2.05, 4.69) is 51.2 Å². The molecule has 150 heavy (non-hydrogen) atoms. The number of nitrogens with zero attached hydrogens (tertiary/aromatic N) is 5. The second kappa shape index (κ2) is 52.4. The van der Waals surface area contributed by atoms with Crippen LogP contribution in [0.4, 0.5) is 14.4 Å². The van der Waals surface area contributed by atoms with Crippen molar-refractivity contribution in [3.63, 3.8) is 0 Å². The number of aryl methyl sites for hydroxylation is 6. The number of nitrogens with one attached hydrogen (secondary N) is 7. The highest BCUT2D eigenvalue weighted by Gasteiger charge is 2.38. The van der Waals surface area contributed by atoms with Gasteiger partial charge in [0.15, 0.2) is 0 Å². The number of nitrogens with two attached hydrogens (primary N) is 3. The lowest BCUT2D eigenvalue weighted by molar-refractivity contribution is -0.139. The highest BCUT2D eigenvalue weighted by Crippen LogP contribution is 2.35. The number of rotatable bonds is 36. The first-order chi connectivity index (χ1) is 70.7. The fraction of sp³-hybridized carbons (Fsp3) is 0.336. The van der Waals surface area contributed by atoms with E-state index >= 15 is 0 Å². The standard InChI is InChI=1S/C38H45N5O7.C37H43N5O7.C21H23N3O3.C17H24N2O5/c1-22-16-27(33(39)44)17-23(2)28(22)19-30(42-37(47)50-38(4,5)6)35(45)43(21-25-14-15-32(48-7)29(18-25)36(46)49-8)24(3)34-40-20-31(41-34)26-12-10-9-11-13-26;1-21-15-26(32(38)43)16-22(2)27(21)18-29(41-36(47)49-37(4,5)6)34(44)42(20-24-13-14-31(48-7)28(17-24)35(45)46)23(3)33-39-19-30(40-33)25-11-9-8-10-12-25;1-14(20-23-13-18(24-20)16-7-5-4-6-8-16)22-12-15-9-10-19(26-2)17(11-15)21(25)27-3;1-9-6-11(14(18)20)7-10(2)12(9)8-13(15(21)22)19-16(23)24-17(3,4)5/h9-18,20,24,30H,19,21H2,1-8H3,(H2,39,44)(H,40,41)(H,42,47);8-17,19,23,29H,18,20H2,1-7H3,(H2,38,43)(H,39,40)(H,41,47)(H,45,46);4-11,13-14,22H,12H2,1-3H3,(H,23,24);6-7,13H,8H2,1-5H3,(H2,18,20)(H,19,23)(H,21,22)/t24?,30-;23?,29-;;13-/m00.0/s1. The number of carbonyl (C=O) groups is 12. The van der Waals surface area contributed by atoms with Crippen LogP contribution in [0.25, 0.3) is 33.8 Å². The number of hydrogen-bond donors (Lipinski definition) is 12. The fourth-order valence-corrected chi connectivity index (χ4v) is 16.4. The van der Waals surface area contributed by atoms with Crippen molar-refractivity contribution < 1.29 is 106 Å². The van der Waals surface area contributed by atoms with E-state index in [0.29, 0.717) is 63.1 Å². The van der Waals surface area contributed by atoms with Gasteiger partial charge in [0.05, 0.1) is 89.3 Å². The summed E-state index contributed by atoms with van der Waals surface area (Å²) in [5.74, 6) is -3.12. The predicted molar refractivity (Wildman–Crippen MR) is 565 cm³/mol. The number of alkyl carbamates (subject to hydrolysis) is 3. The first-order valence-electron chi connectivity index (χ1n) is 48.2. The SMILES string of the molecule is COC(=O)c1cc(CN(C(=O)[C@H](Cc2c(C)cc(C(N)=O)cc2C)NC(=O)OC(C)(C)C)C(C)c2ncc(-c3ccccc3)[nH]2)ccc1OC.COC(=O)c1cc(CNC(C)c2ncc(-c3ccccc3)[nH]2)ccc1OC.COc1ccc(CN(C(=O)[C@H](Cc2c(C)cc(C(N)=O)cc2C)NC(=O)OC(C)(C)C)C(C)c2ncc(-c3ccccc3)[nH]2)cc1C(=O)O.Cc1cc(C(N)=O)cc(C)c1C[C@H](NC(=O)OC(C)(C)C)C(=O)O. The van der Waals surface area contributed by atoms with Gasteiger partial charge in [-0.2, -0.15) is 0 Å². The molecule has 0 radical (unpaired) electrons. The number of hydrogen-bond acceptors (Lipinski definition) is 24. The maximum atomic E-state index is 14.9. The first-order valence-corrected chi connectivity index (χ1v) is 48.2. The van der Waals surface area contributed by atoms with Gasteiger partial charge in [-0.3, -0.25) is 24.0 Å². The number of aromatic nitrogens is 6. The number of imidazole rings is 3. The number of primary amides is 3. The van der Waals surface area contributed by atoms with Crippen LogP contribution in [-0.4, -0.2) is 192 Å². The minimum absolute atomic E-state index is 0.0196. The predicted octanol–water partition coefficient (Wildman–Crippen LogP) is 17.2. The topological polar surface area (TPSA) is 538 Å². The van der Waals surface area contributed by atoms with Gasteiger partial charge in [0, 0.05) is 55.6 Å². The van der Waals surface area contributed by atoms with Crippen LogP contribution in [-0.2, 0) is 77.0 Å². The van der Waals surface area contributed by atoms with E-state index in [1.165, 1.54) is 52.6 Å². The number of aliphatic carboxylic acids is 1. The molecule has 12 rings (SSSR count). The van der Waals surface area contributed by atoms with Gasteiger partial charge in [-0.25, -0.2) is 48.5 Å². The van der Waals surface area contributed by atoms with Crippen LogP contribution in [0.5, 0.6) is 17.2 Å². The molecule has 9 aromatic carbocycles. The molecule has 0 saturated carbocycles. The zero-order valence-electron chi connectivity index (χ0n) is 88.8. The van der Waals surface area contributed by atoms with Crippen LogP contribution < -0.4 is 52.7 Å². The maximum Gasteiger partial charge on any atom is 0.408 e. The van der Waals surface area contributed by atoms with Crippen LogP contribution in [0.1, 0.15) is 248 Å². The van der Waals surface area contributed by atoms with Crippen LogP contribution in [0.15, 0.2) is 201 Å². The molecule has 37 heteroatoms. The lowest BCUT2D eigenvalue weighted by atomic mass is 9.93. The number of carboxylic acids is 2. The van der Waals surface area contributed by atoms with E-state index in [0.717, 1.165) is 95.2 Å². The molecule has 0 aliphatic rings. The van der Waals surface area contributed by atoms with Crippen LogP contribution >= 0.6 is 0 Å². The molecule has 0 saturated heterocycles. The third-order valence-corrected chi connectivity index (χ3v) is 24.0. The lowest BCUT2D eigenvalue weighted by Crippen LogP contribution is -2.51. The van der Waals surface area contributed by atoms with Gasteiger partial charge >= 0.3 is 42.2 Å². The van der Waals surface area contributed by atoms with Gasteiger partial charge in [0.1, 0.15) is 86.3 Å². The van der Waals surface area contributed by atoms with Gasteiger partial charge in [0.25, 0.3) is 0 Å². The highest BCUT2D eigenvalue weighted by molar-refractivity contribution is 5.97. The molecule has 12 aromatic rings. The van der Waals surface area contributed by atoms with Crippen molar-refractivity contribution in [3.05, 3.63) is 318 Å². The van der Waals surface area contributed by atoms with Crippen LogP contribution in [0.2, 0.25) is 0 Å². The van der Waals surface area contributed by atoms with E-state index in [4.69, 9.17) is 55.1 Å². The van der Waals surface area contributed by atoms with E-state index in [1.807, 2.05) is 145 Å². The van der Waals surface area contributed by atoms with Crippen molar-refractivity contribution in [1.82, 2.24) is 61.0 Å². The molecule has 0 spiro atoms. The lowest BCUT2D eigenvalue weighted by Gasteiger charge is -2.33. The molecular weight excluding hydrogens is 1920 g/mol. The summed E-state index contributed by atoms with van der Waals surface area (Å²) in [6.45, 7) is 32.5. The Morgan fingerprint density at radius 1 is 0.373 bits per heavy atom. The van der Waals surface area contributed by atoms with Gasteiger partial charge < -0.3 is 111 Å². The Balaban J connectivity index is 0.000000232. The van der Waals surface area contributed by atoms with Crippen molar-refractivity contribution in [2.75, 3.05) is 35.5 Å². The molecule has 8 amide bonds. The van der Waals surface area contributed by atoms with Crippen molar-refractivity contribution in [2.45, 2.75) is 217 Å². The summed E-state index contributed by atoms with van der Waals surface area (Å²) < 4.78 is 41.9. The van der Waals surface area contributed by atoms with Gasteiger partial charge in [-0.1, -0.05) is 109 Å². The van der Waals surface area contributed by atoms with Crippen molar-refractivity contribution in [2.24, 2.45) is 17.2 Å². The summed E-state index contributed by atoms with van der Waals surface area (Å²) in [7, 11) is 7.00. The summed E-state index contributed by atoms with van der Waals surface area (Å²) in [5.41, 5.74) is 29.7. The molecule has 0 aliphatic heterocycles. The number of carboxylic acid groups (broad SMARTS) is 2. The van der Waals surface area contributed by atoms with Crippen molar-refractivity contribution in [1.29, 1.82) is 0 Å². The number of carbonyl (C=O) groups excluding carboxylic acids is 10. The molecule has 3 heterocycles. The number of benzene rings is 9. The summed E-state index contributed by atoms with van der Waals surface area (Å²) >= 11 is 0. The monoisotopic (exact) mass is 2050 g/mol. The number of esters is 2. The first kappa shape index (κ1) is 117. The molecule has 0 bridgehead atoms.